The number of ether oxygens (including phenoxy) is 2. The number of nitrogens with zero attached hydrogens (tertiary/aromatic N) is 1. The van der Waals surface area contributed by atoms with E-state index in [-0.39, 0.29) is 29.8 Å². The van der Waals surface area contributed by atoms with Gasteiger partial charge in [-0.25, -0.2) is 27.7 Å². The van der Waals surface area contributed by atoms with Gasteiger partial charge in [-0.15, -0.1) is 0 Å². The van der Waals surface area contributed by atoms with Crippen molar-refractivity contribution >= 4 is 33.7 Å². The maximum absolute atomic E-state index is 14.6. The predicted molar refractivity (Wildman–Crippen MR) is 245 cm³/mol. The van der Waals surface area contributed by atoms with Crippen molar-refractivity contribution in [3.05, 3.63) is 184 Å². The molecule has 1 heterocycles. The second kappa shape index (κ2) is 17.5. The lowest BCUT2D eigenvalue weighted by molar-refractivity contribution is -0.139. The highest BCUT2D eigenvalue weighted by molar-refractivity contribution is 7.90. The molecule has 0 saturated carbocycles. The summed E-state index contributed by atoms with van der Waals surface area (Å²) in [6, 6.07) is 40.2. The highest BCUT2D eigenvalue weighted by atomic mass is 32.2. The van der Waals surface area contributed by atoms with Crippen LogP contribution in [0.4, 0.5) is 10.5 Å². The molecule has 12 heteroatoms. The number of sulfonamides is 1. The molecular weight excluding hydrogens is 813 g/mol. The number of carbonyl (C=O) groups is 2. The summed E-state index contributed by atoms with van der Waals surface area (Å²) < 4.78 is 44.0. The Morgan fingerprint density at radius 2 is 1.33 bits per heavy atom. The molecule has 1 aliphatic carbocycles. The number of hydrogen-bond donors (Lipinski definition) is 4. The first-order chi connectivity index (χ1) is 30.2. The number of fused-ring (bicyclic) bond motifs is 4. The number of nitrogens with one attached hydrogen (secondary N) is 3. The van der Waals surface area contributed by atoms with Gasteiger partial charge in [0.05, 0.1) is 4.90 Å². The molecule has 1 amide bonds. The van der Waals surface area contributed by atoms with Crippen molar-refractivity contribution in [2.24, 2.45) is 4.99 Å². The Morgan fingerprint density at radius 1 is 0.778 bits per heavy atom. The van der Waals surface area contributed by atoms with Crippen molar-refractivity contribution in [2.75, 3.05) is 11.9 Å². The molecule has 2 aliphatic rings. The second-order valence-corrected chi connectivity index (χ2v) is 18.4. The number of alkyl carbamates (subject to hydrolysis) is 1. The van der Waals surface area contributed by atoms with Gasteiger partial charge >= 0.3 is 12.1 Å². The smallest absolute Gasteiger partial charge is 0.407 e. The van der Waals surface area contributed by atoms with E-state index in [9.17, 15) is 23.1 Å². The van der Waals surface area contributed by atoms with E-state index < -0.39 is 39.8 Å². The maximum Gasteiger partial charge on any atom is 0.407 e. The van der Waals surface area contributed by atoms with Crippen LogP contribution in [0, 0.1) is 20.8 Å². The summed E-state index contributed by atoms with van der Waals surface area (Å²) in [6.45, 7) is 9.52. The zero-order valence-corrected chi connectivity index (χ0v) is 36.6. The van der Waals surface area contributed by atoms with Gasteiger partial charge in [-0.2, -0.15) is 0 Å². The van der Waals surface area contributed by atoms with Gasteiger partial charge in [0.1, 0.15) is 30.0 Å². The summed E-state index contributed by atoms with van der Waals surface area (Å²) in [6.07, 6.45) is -0.298. The first-order valence-corrected chi connectivity index (χ1v) is 22.4. The van der Waals surface area contributed by atoms with Crippen LogP contribution in [0.3, 0.4) is 0 Å². The first-order valence-electron chi connectivity index (χ1n) is 20.9. The Hall–Kier alpha value is -6.92. The molecule has 0 spiro atoms. The zero-order chi connectivity index (χ0) is 44.5. The van der Waals surface area contributed by atoms with Crippen LogP contribution >= 0.6 is 0 Å². The Kier molecular flexibility index (Phi) is 11.8. The Balaban J connectivity index is 1.03. The van der Waals surface area contributed by atoms with Crippen molar-refractivity contribution < 1.29 is 32.6 Å². The average Bonchev–Trinajstić information content (AvgIpc) is 3.78. The molecule has 1 atom stereocenters. The van der Waals surface area contributed by atoms with Crippen molar-refractivity contribution in [3.63, 3.8) is 0 Å². The molecule has 0 radical (unpaired) electrons. The standard InChI is InChI=1S/C51H50N4O7S/c1-31-32(2)47(33(3)42-29-51(4,5)62-46(31)42)63(59,60)55-49(54-45(35-16-8-6-9-17-35)36-18-10-7-11-19-36)52-37-26-24-34(25-27-37)28-44(48(56)57)53-50(58)61-30-43-40-22-14-12-20-38(40)39-21-13-15-23-41(39)43/h6-27,43-45H,28-30H2,1-5H3,(H,53,58)(H,56,57)(H2,52,54,55)/t44-/m0/s1. The highest BCUT2D eigenvalue weighted by Crippen LogP contribution is 2.45. The van der Waals surface area contributed by atoms with E-state index in [0.29, 0.717) is 28.8 Å². The summed E-state index contributed by atoms with van der Waals surface area (Å²) in [5, 5.41) is 15.9. The van der Waals surface area contributed by atoms with Crippen LogP contribution in [0.2, 0.25) is 0 Å². The van der Waals surface area contributed by atoms with Crippen molar-refractivity contribution in [3.8, 4) is 16.9 Å². The normalized spacial score (nSPS) is 14.5. The Labute approximate surface area is 368 Å². The Bertz CT molecular complexity index is 2740. The van der Waals surface area contributed by atoms with Crippen LogP contribution < -0.4 is 20.1 Å². The lowest BCUT2D eigenvalue weighted by Crippen LogP contribution is -2.42. The van der Waals surface area contributed by atoms with Crippen molar-refractivity contribution in [1.82, 2.24) is 10.0 Å². The molecule has 11 nitrogen and oxygen atoms in total. The third kappa shape index (κ3) is 9.03. The number of hydrogen-bond acceptors (Lipinski definition) is 7. The number of carboxylic acid groups (broad SMARTS) is 1. The van der Waals surface area contributed by atoms with Gasteiger partial charge in [0, 0.05) is 30.0 Å². The van der Waals surface area contributed by atoms with Gasteiger partial charge < -0.3 is 25.2 Å². The average molecular weight is 863 g/mol. The molecule has 6 aromatic rings. The van der Waals surface area contributed by atoms with Crippen molar-refractivity contribution in [2.45, 2.75) is 76.0 Å². The largest absolute Gasteiger partial charge is 0.487 e. The number of anilines is 1. The summed E-state index contributed by atoms with van der Waals surface area (Å²) in [7, 11) is -4.23. The van der Waals surface area contributed by atoms with Gasteiger partial charge in [-0.3, -0.25) is 0 Å². The van der Waals surface area contributed by atoms with Crippen LogP contribution in [0.1, 0.15) is 75.9 Å². The summed E-state index contributed by atoms with van der Waals surface area (Å²) in [5.74, 6) is -0.681. The molecule has 6 aromatic carbocycles. The molecular formula is C51H50N4O7S. The molecule has 0 unspecified atom stereocenters. The number of aliphatic imine (C=N–C) groups is 1. The van der Waals surface area contributed by atoms with Crippen LogP contribution in [0.25, 0.3) is 11.1 Å². The SMILES string of the molecule is Cc1c(C)c(S(=O)(=O)N/C(=N\C(c2ccccc2)c2ccccc2)Nc2ccc(C[C@H](NC(=O)OCC3c4ccccc4-c4ccccc43)C(=O)O)cc2)c(C)c2c1OC(C)(C)C2. The summed E-state index contributed by atoms with van der Waals surface area (Å²) in [5.41, 5.74) is 9.45. The molecule has 0 bridgehead atoms. The van der Waals surface area contributed by atoms with E-state index in [1.54, 1.807) is 31.2 Å². The number of aliphatic carboxylic acids is 1. The number of rotatable bonds is 12. The minimum absolute atomic E-state index is 0.0191. The van der Waals surface area contributed by atoms with Crippen LogP contribution in [0.15, 0.2) is 143 Å². The number of guanidine groups is 1. The van der Waals surface area contributed by atoms with E-state index in [4.69, 9.17) is 14.5 Å². The van der Waals surface area contributed by atoms with E-state index >= 15 is 0 Å². The fourth-order valence-corrected chi connectivity index (χ4v) is 10.3. The zero-order valence-electron chi connectivity index (χ0n) is 35.8. The van der Waals surface area contributed by atoms with E-state index in [2.05, 4.69) is 15.4 Å². The van der Waals surface area contributed by atoms with Crippen LogP contribution in [-0.2, 0) is 32.4 Å². The van der Waals surface area contributed by atoms with E-state index in [1.165, 1.54) is 0 Å². The molecule has 322 valence electrons. The summed E-state index contributed by atoms with van der Waals surface area (Å²) >= 11 is 0. The Morgan fingerprint density at radius 3 is 1.90 bits per heavy atom. The number of benzene rings is 6. The molecule has 8 rings (SSSR count). The fraction of sp³-hybridized carbons (Fsp3) is 0.235. The molecule has 63 heavy (non-hydrogen) atoms. The maximum atomic E-state index is 14.6. The lowest BCUT2D eigenvalue weighted by Gasteiger charge is -2.21. The molecule has 1 aliphatic heterocycles. The van der Waals surface area contributed by atoms with Crippen LogP contribution in [0.5, 0.6) is 5.75 Å². The van der Waals surface area contributed by atoms with E-state index in [1.807, 2.05) is 137 Å². The number of amides is 1. The predicted octanol–water partition coefficient (Wildman–Crippen LogP) is 9.40. The molecule has 0 saturated heterocycles. The van der Waals surface area contributed by atoms with Gasteiger partial charge in [-0.05, 0) is 102 Å². The second-order valence-electron chi connectivity index (χ2n) is 16.7. The number of carboxylic acids is 1. The third-order valence-electron chi connectivity index (χ3n) is 11.9. The minimum Gasteiger partial charge on any atom is -0.487 e. The van der Waals surface area contributed by atoms with Gasteiger partial charge in [0.25, 0.3) is 10.0 Å². The van der Waals surface area contributed by atoms with Gasteiger partial charge in [-0.1, -0.05) is 121 Å². The molecule has 4 N–H and O–H groups in total. The summed E-state index contributed by atoms with van der Waals surface area (Å²) in [4.78, 5) is 30.7. The van der Waals surface area contributed by atoms with Crippen LogP contribution in [-0.4, -0.2) is 49.8 Å². The van der Waals surface area contributed by atoms with Crippen molar-refractivity contribution in [1.29, 1.82) is 0 Å². The monoisotopic (exact) mass is 862 g/mol. The van der Waals surface area contributed by atoms with Gasteiger partial charge in [0.2, 0.25) is 5.96 Å². The minimum atomic E-state index is -4.23. The third-order valence-corrected chi connectivity index (χ3v) is 13.5. The van der Waals surface area contributed by atoms with E-state index in [0.717, 1.165) is 50.3 Å². The lowest BCUT2D eigenvalue weighted by atomic mass is 9.94. The number of carbonyl (C=O) groups excluding carboxylic acids is 1. The first kappa shape index (κ1) is 42.8. The highest BCUT2D eigenvalue weighted by Gasteiger charge is 2.37. The fourth-order valence-electron chi connectivity index (χ4n) is 8.73. The quantitative estimate of drug-likeness (QED) is 0.0701. The van der Waals surface area contributed by atoms with Gasteiger partial charge in [0.15, 0.2) is 0 Å². The molecule has 0 aromatic heterocycles. The molecule has 0 fully saturated rings. The topological polar surface area (TPSA) is 155 Å².